The summed E-state index contributed by atoms with van der Waals surface area (Å²) in [5, 5.41) is -0.184. The Morgan fingerprint density at radius 3 is 2.33 bits per heavy atom. The molecule has 0 heterocycles. The van der Waals surface area contributed by atoms with E-state index in [9.17, 15) is 9.18 Å². The first-order chi connectivity index (χ1) is 9.99. The first-order valence-corrected chi connectivity index (χ1v) is 6.58. The van der Waals surface area contributed by atoms with Gasteiger partial charge in [0.25, 0.3) is 0 Å². The first-order valence-electron chi connectivity index (χ1n) is 6.21. The third kappa shape index (κ3) is 2.85. The van der Waals surface area contributed by atoms with Gasteiger partial charge in [0.1, 0.15) is 5.82 Å². The largest absolute Gasteiger partial charge is 0.493 e. The van der Waals surface area contributed by atoms with Crippen LogP contribution in [-0.2, 0) is 0 Å². The SMILES string of the molecule is COc1cc(C)c(C(=O)c2cccc(F)c2Cl)cc1OC. The highest BCUT2D eigenvalue weighted by Crippen LogP contribution is 2.32. The monoisotopic (exact) mass is 308 g/mol. The van der Waals surface area contributed by atoms with Gasteiger partial charge in [0, 0.05) is 11.1 Å². The van der Waals surface area contributed by atoms with Crippen molar-refractivity contribution in [2.45, 2.75) is 6.92 Å². The second kappa shape index (κ2) is 6.14. The number of aryl methyl sites for hydroxylation is 1. The number of carbonyl (C=O) groups is 1. The van der Waals surface area contributed by atoms with Crippen molar-refractivity contribution in [2.24, 2.45) is 0 Å². The van der Waals surface area contributed by atoms with Gasteiger partial charge in [0.05, 0.1) is 19.2 Å². The number of halogens is 2. The van der Waals surface area contributed by atoms with E-state index in [1.165, 1.54) is 32.4 Å². The number of hydrogen-bond donors (Lipinski definition) is 0. The zero-order valence-corrected chi connectivity index (χ0v) is 12.6. The van der Waals surface area contributed by atoms with Crippen molar-refractivity contribution < 1.29 is 18.7 Å². The molecule has 0 saturated heterocycles. The van der Waals surface area contributed by atoms with Crippen molar-refractivity contribution in [3.63, 3.8) is 0 Å². The van der Waals surface area contributed by atoms with Gasteiger partial charge in [0.2, 0.25) is 0 Å². The van der Waals surface area contributed by atoms with Crippen LogP contribution in [0.2, 0.25) is 5.02 Å². The highest BCUT2D eigenvalue weighted by Gasteiger charge is 2.19. The van der Waals surface area contributed by atoms with Gasteiger partial charge in [-0.2, -0.15) is 0 Å². The standard InChI is InChI=1S/C16H14ClFO3/c1-9-7-13(20-2)14(21-3)8-11(9)16(19)10-5-4-6-12(18)15(10)17/h4-8H,1-3H3. The van der Waals surface area contributed by atoms with Crippen molar-refractivity contribution in [1.82, 2.24) is 0 Å². The molecule has 5 heteroatoms. The van der Waals surface area contributed by atoms with E-state index in [0.717, 1.165) is 0 Å². The van der Waals surface area contributed by atoms with Gasteiger partial charge in [-0.15, -0.1) is 0 Å². The number of ether oxygens (including phenoxy) is 2. The Morgan fingerprint density at radius 2 is 1.71 bits per heavy atom. The molecule has 0 N–H and O–H groups in total. The molecule has 0 spiro atoms. The highest BCUT2D eigenvalue weighted by molar-refractivity contribution is 6.35. The maximum atomic E-state index is 13.5. The van der Waals surface area contributed by atoms with Gasteiger partial charge in [-0.05, 0) is 36.8 Å². The zero-order chi connectivity index (χ0) is 15.6. The molecule has 0 saturated carbocycles. The van der Waals surface area contributed by atoms with Gasteiger partial charge in [-0.25, -0.2) is 4.39 Å². The van der Waals surface area contributed by atoms with E-state index in [0.29, 0.717) is 22.6 Å². The predicted molar refractivity (Wildman–Crippen MR) is 79.1 cm³/mol. The van der Waals surface area contributed by atoms with Crippen molar-refractivity contribution >= 4 is 17.4 Å². The van der Waals surface area contributed by atoms with E-state index in [1.54, 1.807) is 19.1 Å². The molecule has 0 aliphatic rings. The minimum atomic E-state index is -0.624. The molecule has 0 aliphatic carbocycles. The molecule has 0 unspecified atom stereocenters. The van der Waals surface area contributed by atoms with Crippen LogP contribution in [0.15, 0.2) is 30.3 Å². The number of benzene rings is 2. The summed E-state index contributed by atoms with van der Waals surface area (Å²) in [6.07, 6.45) is 0. The van der Waals surface area contributed by atoms with Crippen molar-refractivity contribution in [3.8, 4) is 11.5 Å². The van der Waals surface area contributed by atoms with Crippen LogP contribution in [-0.4, -0.2) is 20.0 Å². The average Bonchev–Trinajstić information content (AvgIpc) is 2.49. The predicted octanol–water partition coefficient (Wildman–Crippen LogP) is 4.04. The molecule has 0 aromatic heterocycles. The lowest BCUT2D eigenvalue weighted by Crippen LogP contribution is -2.06. The fraction of sp³-hybridized carbons (Fsp3) is 0.188. The summed E-state index contributed by atoms with van der Waals surface area (Å²) in [6, 6.07) is 7.41. The van der Waals surface area contributed by atoms with Crippen LogP contribution in [0.5, 0.6) is 11.5 Å². The maximum absolute atomic E-state index is 13.5. The number of rotatable bonds is 4. The lowest BCUT2D eigenvalue weighted by atomic mass is 9.98. The number of methoxy groups -OCH3 is 2. The Bertz CT molecular complexity index is 698. The minimum Gasteiger partial charge on any atom is -0.493 e. The smallest absolute Gasteiger partial charge is 0.195 e. The van der Waals surface area contributed by atoms with Gasteiger partial charge in [-0.3, -0.25) is 4.79 Å². The first kappa shape index (κ1) is 15.3. The van der Waals surface area contributed by atoms with Crippen molar-refractivity contribution in [3.05, 3.63) is 57.9 Å². The van der Waals surface area contributed by atoms with Crippen molar-refractivity contribution in [1.29, 1.82) is 0 Å². The van der Waals surface area contributed by atoms with Crippen LogP contribution in [0.25, 0.3) is 0 Å². The second-order valence-corrected chi connectivity index (χ2v) is 4.83. The minimum absolute atomic E-state index is 0.118. The highest BCUT2D eigenvalue weighted by atomic mass is 35.5. The molecule has 0 amide bonds. The second-order valence-electron chi connectivity index (χ2n) is 4.45. The molecule has 0 fully saturated rings. The molecule has 0 aliphatic heterocycles. The van der Waals surface area contributed by atoms with Gasteiger partial charge < -0.3 is 9.47 Å². The lowest BCUT2D eigenvalue weighted by Gasteiger charge is -2.12. The van der Waals surface area contributed by atoms with E-state index in [2.05, 4.69) is 0 Å². The summed E-state index contributed by atoms with van der Waals surface area (Å²) in [5.74, 6) is -0.0329. The van der Waals surface area contributed by atoms with Crippen molar-refractivity contribution in [2.75, 3.05) is 14.2 Å². The summed E-state index contributed by atoms with van der Waals surface area (Å²) in [6.45, 7) is 1.77. The maximum Gasteiger partial charge on any atom is 0.195 e. The van der Waals surface area contributed by atoms with Gasteiger partial charge in [-0.1, -0.05) is 17.7 Å². The normalized spacial score (nSPS) is 10.3. The van der Waals surface area contributed by atoms with Gasteiger partial charge in [0.15, 0.2) is 17.3 Å². The number of carbonyl (C=O) groups excluding carboxylic acids is 1. The summed E-state index contributed by atoms with van der Waals surface area (Å²) in [7, 11) is 3.00. The summed E-state index contributed by atoms with van der Waals surface area (Å²) in [4.78, 5) is 12.6. The molecule has 0 atom stereocenters. The fourth-order valence-corrected chi connectivity index (χ4v) is 2.26. The van der Waals surface area contributed by atoms with E-state index in [1.807, 2.05) is 0 Å². The fourth-order valence-electron chi connectivity index (χ4n) is 2.05. The van der Waals surface area contributed by atoms with Crippen LogP contribution >= 0.6 is 11.6 Å². The molecule has 3 nitrogen and oxygen atoms in total. The Morgan fingerprint density at radius 1 is 1.10 bits per heavy atom. The molecular weight excluding hydrogens is 295 g/mol. The molecule has 2 rings (SSSR count). The molecule has 21 heavy (non-hydrogen) atoms. The number of ketones is 1. The van der Waals surface area contributed by atoms with Gasteiger partial charge >= 0.3 is 0 Å². The Balaban J connectivity index is 2.56. The molecule has 2 aromatic rings. The Hall–Kier alpha value is -2.07. The molecule has 0 bridgehead atoms. The summed E-state index contributed by atoms with van der Waals surface area (Å²) >= 11 is 5.87. The lowest BCUT2D eigenvalue weighted by molar-refractivity contribution is 0.103. The quantitative estimate of drug-likeness (QED) is 0.800. The summed E-state index contributed by atoms with van der Waals surface area (Å²) < 4.78 is 23.9. The van der Waals surface area contributed by atoms with E-state index in [4.69, 9.17) is 21.1 Å². The average molecular weight is 309 g/mol. The Kier molecular flexibility index (Phi) is 4.48. The topological polar surface area (TPSA) is 35.5 Å². The molecular formula is C16H14ClFO3. The van der Waals surface area contributed by atoms with Crippen LogP contribution in [0.3, 0.4) is 0 Å². The van der Waals surface area contributed by atoms with Crippen LogP contribution in [0, 0.1) is 12.7 Å². The third-order valence-electron chi connectivity index (χ3n) is 3.17. The Labute approximate surface area is 127 Å². The molecule has 110 valence electrons. The van der Waals surface area contributed by atoms with E-state index >= 15 is 0 Å². The third-order valence-corrected chi connectivity index (χ3v) is 3.56. The van der Waals surface area contributed by atoms with Crippen LogP contribution in [0.1, 0.15) is 21.5 Å². The number of hydrogen-bond acceptors (Lipinski definition) is 3. The molecule has 2 aromatic carbocycles. The van der Waals surface area contributed by atoms with E-state index in [-0.39, 0.29) is 16.4 Å². The molecule has 0 radical (unpaired) electrons. The zero-order valence-electron chi connectivity index (χ0n) is 11.9. The van der Waals surface area contributed by atoms with E-state index < -0.39 is 5.82 Å². The van der Waals surface area contributed by atoms with Crippen LogP contribution < -0.4 is 9.47 Å². The summed E-state index contributed by atoms with van der Waals surface area (Å²) in [5.41, 5.74) is 1.20. The van der Waals surface area contributed by atoms with Crippen LogP contribution in [0.4, 0.5) is 4.39 Å².